The van der Waals surface area contributed by atoms with Gasteiger partial charge in [0, 0.05) is 24.8 Å². The molecule has 1 aromatic rings. The minimum Gasteiger partial charge on any atom is -0.351 e. The first kappa shape index (κ1) is 14.7. The fourth-order valence-electron chi connectivity index (χ4n) is 2.35. The van der Waals surface area contributed by atoms with Crippen molar-refractivity contribution in [2.24, 2.45) is 11.1 Å². The van der Waals surface area contributed by atoms with Gasteiger partial charge in [-0.3, -0.25) is 9.89 Å². The molecule has 0 radical (unpaired) electrons. The quantitative estimate of drug-likeness (QED) is 0.656. The summed E-state index contributed by atoms with van der Waals surface area (Å²) in [5, 5.41) is 9.55. The van der Waals surface area contributed by atoms with Gasteiger partial charge in [-0.2, -0.15) is 5.10 Å². The summed E-state index contributed by atoms with van der Waals surface area (Å²) in [4.78, 5) is 12.3. The van der Waals surface area contributed by atoms with Crippen LogP contribution in [0.5, 0.6) is 0 Å². The van der Waals surface area contributed by atoms with Crippen LogP contribution < -0.4 is 11.1 Å². The number of aromatic amines is 1. The highest BCUT2D eigenvalue weighted by Gasteiger charge is 2.34. The van der Waals surface area contributed by atoms with E-state index in [0.717, 1.165) is 31.2 Å². The number of hydrogen-bond acceptors (Lipinski definition) is 3. The van der Waals surface area contributed by atoms with Crippen molar-refractivity contribution in [3.8, 4) is 0 Å². The van der Waals surface area contributed by atoms with Crippen molar-refractivity contribution < 1.29 is 4.79 Å². The third kappa shape index (κ3) is 3.57. The van der Waals surface area contributed by atoms with Crippen LogP contribution >= 0.6 is 0 Å². The number of amides is 1. The second kappa shape index (κ2) is 7.16. The van der Waals surface area contributed by atoms with Gasteiger partial charge in [0.1, 0.15) is 0 Å². The molecule has 0 fully saturated rings. The molecule has 102 valence electrons. The molecule has 5 heteroatoms. The molecule has 0 unspecified atom stereocenters. The van der Waals surface area contributed by atoms with E-state index in [1.165, 1.54) is 0 Å². The van der Waals surface area contributed by atoms with Crippen molar-refractivity contribution in [3.05, 3.63) is 18.0 Å². The predicted molar refractivity (Wildman–Crippen MR) is 71.7 cm³/mol. The molecular weight excluding hydrogens is 228 g/mol. The Morgan fingerprint density at radius 1 is 1.44 bits per heavy atom. The molecule has 0 aliphatic carbocycles. The molecule has 0 bridgehead atoms. The van der Waals surface area contributed by atoms with Crippen LogP contribution in [0.3, 0.4) is 0 Å². The molecule has 0 aliphatic rings. The molecular formula is C13H24N4O. The van der Waals surface area contributed by atoms with Crippen LogP contribution in [0.4, 0.5) is 0 Å². The lowest BCUT2D eigenvalue weighted by molar-refractivity contribution is -0.131. The van der Waals surface area contributed by atoms with Crippen LogP contribution in [-0.2, 0) is 11.3 Å². The Hall–Kier alpha value is -1.36. The first-order chi connectivity index (χ1) is 8.68. The summed E-state index contributed by atoms with van der Waals surface area (Å²) in [5.74, 6) is 0.0647. The van der Waals surface area contributed by atoms with Gasteiger partial charge in [0.2, 0.25) is 5.91 Å². The fourth-order valence-corrected chi connectivity index (χ4v) is 2.35. The highest BCUT2D eigenvalue weighted by Crippen LogP contribution is 2.29. The average molecular weight is 252 g/mol. The Morgan fingerprint density at radius 3 is 2.56 bits per heavy atom. The highest BCUT2D eigenvalue weighted by molar-refractivity contribution is 5.82. The third-order valence-electron chi connectivity index (χ3n) is 3.34. The van der Waals surface area contributed by atoms with Gasteiger partial charge in [0.15, 0.2) is 0 Å². The van der Waals surface area contributed by atoms with E-state index < -0.39 is 5.41 Å². The molecule has 1 amide bonds. The second-order valence-corrected chi connectivity index (χ2v) is 4.77. The zero-order valence-electron chi connectivity index (χ0n) is 11.3. The molecule has 5 nitrogen and oxygen atoms in total. The average Bonchev–Trinajstić information content (AvgIpc) is 2.88. The Bertz CT molecular complexity index is 342. The van der Waals surface area contributed by atoms with Gasteiger partial charge in [-0.05, 0) is 12.8 Å². The smallest absolute Gasteiger partial charge is 0.227 e. The third-order valence-corrected chi connectivity index (χ3v) is 3.34. The molecule has 0 spiro atoms. The van der Waals surface area contributed by atoms with E-state index in [4.69, 9.17) is 5.73 Å². The van der Waals surface area contributed by atoms with Crippen molar-refractivity contribution >= 4 is 5.91 Å². The van der Waals surface area contributed by atoms with Gasteiger partial charge in [-0.15, -0.1) is 0 Å². The summed E-state index contributed by atoms with van der Waals surface area (Å²) >= 11 is 0. The maximum absolute atomic E-state index is 12.3. The summed E-state index contributed by atoms with van der Waals surface area (Å²) in [6.07, 6.45) is 7.11. The molecule has 0 aliphatic heterocycles. The predicted octanol–water partition coefficient (Wildman–Crippen LogP) is 1.57. The van der Waals surface area contributed by atoms with Crippen LogP contribution in [-0.4, -0.2) is 22.6 Å². The van der Waals surface area contributed by atoms with Crippen LogP contribution in [0.25, 0.3) is 0 Å². The van der Waals surface area contributed by atoms with Gasteiger partial charge < -0.3 is 11.1 Å². The number of aromatic nitrogens is 2. The van der Waals surface area contributed by atoms with Crippen molar-refractivity contribution in [3.63, 3.8) is 0 Å². The maximum atomic E-state index is 12.3. The van der Waals surface area contributed by atoms with Crippen LogP contribution in [0.2, 0.25) is 0 Å². The zero-order valence-corrected chi connectivity index (χ0v) is 11.3. The van der Waals surface area contributed by atoms with E-state index in [1.54, 1.807) is 12.4 Å². The minimum absolute atomic E-state index is 0.0647. The van der Waals surface area contributed by atoms with Gasteiger partial charge in [0.25, 0.3) is 0 Å². The Kier molecular flexibility index (Phi) is 5.85. The number of carbonyl (C=O) groups excluding carboxylic acids is 1. The Labute approximate surface area is 109 Å². The zero-order chi connectivity index (χ0) is 13.4. The van der Waals surface area contributed by atoms with Gasteiger partial charge >= 0.3 is 0 Å². The number of rotatable bonds is 8. The van der Waals surface area contributed by atoms with Crippen molar-refractivity contribution in [2.75, 3.05) is 6.54 Å². The highest BCUT2D eigenvalue weighted by atomic mass is 16.2. The Balaban J connectivity index is 2.63. The first-order valence-electron chi connectivity index (χ1n) is 6.64. The van der Waals surface area contributed by atoms with E-state index >= 15 is 0 Å². The van der Waals surface area contributed by atoms with Gasteiger partial charge in [0.05, 0.1) is 11.6 Å². The van der Waals surface area contributed by atoms with Crippen molar-refractivity contribution in [1.29, 1.82) is 0 Å². The molecule has 1 heterocycles. The standard InChI is InChI=1S/C13H24N4O/c1-3-5-13(10-14,6-4-2)12(18)15-7-11-8-16-17-9-11/h8-9H,3-7,10,14H2,1-2H3,(H,15,18)(H,16,17). The lowest BCUT2D eigenvalue weighted by atomic mass is 9.78. The number of nitrogens with zero attached hydrogens (tertiary/aromatic N) is 1. The van der Waals surface area contributed by atoms with Crippen LogP contribution in [0.1, 0.15) is 45.1 Å². The topological polar surface area (TPSA) is 83.8 Å². The lowest BCUT2D eigenvalue weighted by Crippen LogP contribution is -2.45. The number of nitrogens with one attached hydrogen (secondary N) is 2. The van der Waals surface area contributed by atoms with Crippen LogP contribution in [0, 0.1) is 5.41 Å². The van der Waals surface area contributed by atoms with Gasteiger partial charge in [-0.1, -0.05) is 26.7 Å². The summed E-state index contributed by atoms with van der Waals surface area (Å²) in [5.41, 5.74) is 6.42. The van der Waals surface area contributed by atoms with E-state index in [1.807, 2.05) is 0 Å². The molecule has 1 rings (SSSR count). The number of carbonyl (C=O) groups is 1. The summed E-state index contributed by atoms with van der Waals surface area (Å²) < 4.78 is 0. The number of nitrogens with two attached hydrogens (primary N) is 1. The van der Waals surface area contributed by atoms with Crippen LogP contribution in [0.15, 0.2) is 12.4 Å². The number of H-pyrrole nitrogens is 1. The van der Waals surface area contributed by atoms with E-state index in [2.05, 4.69) is 29.4 Å². The summed E-state index contributed by atoms with van der Waals surface area (Å²) in [7, 11) is 0. The van der Waals surface area contributed by atoms with Crippen molar-refractivity contribution in [2.45, 2.75) is 46.1 Å². The molecule has 4 N–H and O–H groups in total. The fraction of sp³-hybridized carbons (Fsp3) is 0.692. The number of hydrogen-bond donors (Lipinski definition) is 3. The van der Waals surface area contributed by atoms with E-state index in [-0.39, 0.29) is 5.91 Å². The first-order valence-corrected chi connectivity index (χ1v) is 6.64. The molecule has 0 saturated heterocycles. The summed E-state index contributed by atoms with van der Waals surface area (Å²) in [6.45, 7) is 5.09. The van der Waals surface area contributed by atoms with E-state index in [0.29, 0.717) is 13.1 Å². The second-order valence-electron chi connectivity index (χ2n) is 4.77. The molecule has 1 aromatic heterocycles. The molecule has 0 saturated carbocycles. The minimum atomic E-state index is -0.409. The van der Waals surface area contributed by atoms with Crippen molar-refractivity contribution in [1.82, 2.24) is 15.5 Å². The van der Waals surface area contributed by atoms with Gasteiger partial charge in [-0.25, -0.2) is 0 Å². The molecule has 18 heavy (non-hydrogen) atoms. The normalized spacial score (nSPS) is 11.5. The Morgan fingerprint density at radius 2 is 2.11 bits per heavy atom. The molecule has 0 atom stereocenters. The van der Waals surface area contributed by atoms with E-state index in [9.17, 15) is 4.79 Å². The maximum Gasteiger partial charge on any atom is 0.227 e. The molecule has 0 aromatic carbocycles. The lowest BCUT2D eigenvalue weighted by Gasteiger charge is -2.30. The SMILES string of the molecule is CCCC(CN)(CCC)C(=O)NCc1cn[nH]c1. The monoisotopic (exact) mass is 252 g/mol. The summed E-state index contributed by atoms with van der Waals surface area (Å²) in [6, 6.07) is 0. The largest absolute Gasteiger partial charge is 0.351 e.